The maximum absolute atomic E-state index is 12.0. The number of fused-ring (bicyclic) bond motifs is 3. The Balaban J connectivity index is 2.31. The van der Waals surface area contributed by atoms with Crippen molar-refractivity contribution in [2.24, 2.45) is 0 Å². The maximum atomic E-state index is 12.0. The summed E-state index contributed by atoms with van der Waals surface area (Å²) in [6.45, 7) is 4.05. The average Bonchev–Trinajstić information content (AvgIpc) is 2.85. The molecule has 0 saturated carbocycles. The molecule has 0 radical (unpaired) electrons. The number of halogens is 1. The Morgan fingerprint density at radius 2 is 2.15 bits per heavy atom. The summed E-state index contributed by atoms with van der Waals surface area (Å²) in [6, 6.07) is 9.27. The van der Waals surface area contributed by atoms with Gasteiger partial charge in [-0.15, -0.1) is 11.6 Å². The van der Waals surface area contributed by atoms with Crippen LogP contribution in [-0.2, 0) is 4.79 Å². The molecule has 1 aliphatic heterocycles. The van der Waals surface area contributed by atoms with Crippen molar-refractivity contribution in [2.75, 3.05) is 17.3 Å². The number of phenols is 1. The van der Waals surface area contributed by atoms with Crippen molar-refractivity contribution in [1.82, 2.24) is 0 Å². The van der Waals surface area contributed by atoms with E-state index in [9.17, 15) is 9.90 Å². The summed E-state index contributed by atoms with van der Waals surface area (Å²) in [5.74, 6) is 0.508. The van der Waals surface area contributed by atoms with Crippen molar-refractivity contribution in [3.8, 4) is 5.75 Å². The van der Waals surface area contributed by atoms with Crippen LogP contribution in [0.4, 0.5) is 5.69 Å². The highest BCUT2D eigenvalue weighted by atomic mass is 35.5. The molecule has 1 amide bonds. The topological polar surface area (TPSA) is 40.5 Å². The van der Waals surface area contributed by atoms with Crippen LogP contribution < -0.4 is 4.90 Å². The average molecular weight is 288 g/mol. The third kappa shape index (κ3) is 1.78. The highest BCUT2D eigenvalue weighted by Crippen LogP contribution is 2.45. The van der Waals surface area contributed by atoms with E-state index in [1.807, 2.05) is 24.3 Å². The number of rotatable bonds is 2. The third-order valence-electron chi connectivity index (χ3n) is 3.77. The number of hydrogen-bond donors (Lipinski definition) is 1. The van der Waals surface area contributed by atoms with Crippen LogP contribution in [0.15, 0.2) is 43.0 Å². The van der Waals surface area contributed by atoms with E-state index in [4.69, 9.17) is 11.6 Å². The quantitative estimate of drug-likeness (QED) is 0.679. The van der Waals surface area contributed by atoms with Crippen molar-refractivity contribution in [3.63, 3.8) is 0 Å². The number of hydrogen-bond acceptors (Lipinski definition) is 2. The summed E-state index contributed by atoms with van der Waals surface area (Å²) in [5, 5.41) is 11.9. The van der Waals surface area contributed by atoms with Gasteiger partial charge in [-0.25, -0.2) is 0 Å². The number of carbonyl (C=O) groups is 1. The zero-order chi connectivity index (χ0) is 14.3. The molecule has 0 saturated heterocycles. The van der Waals surface area contributed by atoms with E-state index in [1.165, 1.54) is 6.08 Å². The van der Waals surface area contributed by atoms with Crippen LogP contribution in [-0.4, -0.2) is 23.4 Å². The second-order valence-corrected chi connectivity index (χ2v) is 5.19. The van der Waals surface area contributed by atoms with Gasteiger partial charge in [-0.05, 0) is 17.0 Å². The minimum absolute atomic E-state index is 0.0704. The molecule has 0 spiro atoms. The van der Waals surface area contributed by atoms with Crippen molar-refractivity contribution >= 4 is 34.0 Å². The van der Waals surface area contributed by atoms with Crippen LogP contribution in [0.2, 0.25) is 0 Å². The van der Waals surface area contributed by atoms with Crippen LogP contribution in [0.1, 0.15) is 11.5 Å². The Labute approximate surface area is 122 Å². The first kappa shape index (κ1) is 13.0. The molecule has 1 heterocycles. The first-order chi connectivity index (χ1) is 9.67. The molecule has 102 valence electrons. The number of alkyl halides is 1. The van der Waals surface area contributed by atoms with Gasteiger partial charge in [0.1, 0.15) is 5.75 Å². The molecule has 0 aromatic heterocycles. The number of benzene rings is 2. The SMILES string of the molecule is C=CC(=O)N1C[C@@H](CCl)c2c1cc(O)c1ccccc21. The number of carbonyl (C=O) groups excluding carboxylic acids is 1. The molecule has 0 fully saturated rings. The smallest absolute Gasteiger partial charge is 0.250 e. The van der Waals surface area contributed by atoms with Gasteiger partial charge in [0.25, 0.3) is 0 Å². The number of anilines is 1. The Morgan fingerprint density at radius 3 is 2.80 bits per heavy atom. The van der Waals surface area contributed by atoms with Gasteiger partial charge >= 0.3 is 0 Å². The molecular formula is C16H14ClNO2. The lowest BCUT2D eigenvalue weighted by atomic mass is 9.95. The molecule has 0 unspecified atom stereocenters. The fraction of sp³-hybridized carbons (Fsp3) is 0.188. The largest absolute Gasteiger partial charge is 0.507 e. The molecule has 2 aromatic carbocycles. The number of amides is 1. The van der Waals surface area contributed by atoms with E-state index in [0.717, 1.165) is 22.0 Å². The van der Waals surface area contributed by atoms with Crippen LogP contribution >= 0.6 is 11.6 Å². The molecule has 4 heteroatoms. The summed E-state index contributed by atoms with van der Waals surface area (Å²) in [4.78, 5) is 13.6. The second kappa shape index (κ2) is 4.84. The van der Waals surface area contributed by atoms with E-state index in [0.29, 0.717) is 12.4 Å². The van der Waals surface area contributed by atoms with Crippen molar-refractivity contribution in [3.05, 3.63) is 48.6 Å². The summed E-state index contributed by atoms with van der Waals surface area (Å²) < 4.78 is 0. The fourth-order valence-electron chi connectivity index (χ4n) is 2.87. The van der Waals surface area contributed by atoms with Crippen LogP contribution in [0.25, 0.3) is 10.8 Å². The molecule has 3 nitrogen and oxygen atoms in total. The fourth-order valence-corrected chi connectivity index (χ4v) is 3.12. The van der Waals surface area contributed by atoms with Gasteiger partial charge in [0, 0.05) is 29.8 Å². The molecule has 3 rings (SSSR count). The predicted molar refractivity (Wildman–Crippen MR) is 81.6 cm³/mol. The predicted octanol–water partition coefficient (Wildman–Crippen LogP) is 3.40. The zero-order valence-corrected chi connectivity index (χ0v) is 11.6. The van der Waals surface area contributed by atoms with Crippen LogP contribution in [0.3, 0.4) is 0 Å². The van der Waals surface area contributed by atoms with E-state index in [1.54, 1.807) is 11.0 Å². The highest BCUT2D eigenvalue weighted by molar-refractivity contribution is 6.19. The molecule has 20 heavy (non-hydrogen) atoms. The Morgan fingerprint density at radius 1 is 1.45 bits per heavy atom. The first-order valence-corrected chi connectivity index (χ1v) is 6.95. The van der Waals surface area contributed by atoms with Gasteiger partial charge in [-0.2, -0.15) is 0 Å². The zero-order valence-electron chi connectivity index (χ0n) is 10.8. The minimum atomic E-state index is -0.173. The monoisotopic (exact) mass is 287 g/mol. The Hall–Kier alpha value is -2.00. The molecule has 1 N–H and O–H groups in total. The number of nitrogens with zero attached hydrogens (tertiary/aromatic N) is 1. The van der Waals surface area contributed by atoms with Gasteiger partial charge in [0.15, 0.2) is 0 Å². The van der Waals surface area contributed by atoms with E-state index >= 15 is 0 Å². The number of aromatic hydroxyl groups is 1. The van der Waals surface area contributed by atoms with Crippen molar-refractivity contribution in [1.29, 1.82) is 0 Å². The van der Waals surface area contributed by atoms with Gasteiger partial charge < -0.3 is 10.0 Å². The summed E-state index contributed by atoms with van der Waals surface area (Å²) in [7, 11) is 0. The van der Waals surface area contributed by atoms with E-state index < -0.39 is 0 Å². The van der Waals surface area contributed by atoms with Gasteiger partial charge in [0.2, 0.25) is 5.91 Å². The van der Waals surface area contributed by atoms with Crippen LogP contribution in [0, 0.1) is 0 Å². The lowest BCUT2D eigenvalue weighted by Gasteiger charge is -2.16. The van der Waals surface area contributed by atoms with Gasteiger partial charge in [-0.1, -0.05) is 30.8 Å². The summed E-state index contributed by atoms with van der Waals surface area (Å²) >= 11 is 6.06. The Bertz CT molecular complexity index is 711. The minimum Gasteiger partial charge on any atom is -0.507 e. The maximum Gasteiger partial charge on any atom is 0.250 e. The van der Waals surface area contributed by atoms with E-state index in [2.05, 4.69) is 6.58 Å². The third-order valence-corrected chi connectivity index (χ3v) is 4.14. The molecule has 1 atom stereocenters. The first-order valence-electron chi connectivity index (χ1n) is 6.42. The van der Waals surface area contributed by atoms with Gasteiger partial charge in [0.05, 0.1) is 5.69 Å². The lowest BCUT2D eigenvalue weighted by molar-refractivity contribution is -0.114. The van der Waals surface area contributed by atoms with Gasteiger partial charge in [-0.3, -0.25) is 4.79 Å². The van der Waals surface area contributed by atoms with Crippen LogP contribution in [0.5, 0.6) is 5.75 Å². The standard InChI is InChI=1S/C16H14ClNO2/c1-2-15(20)18-9-10(8-17)16-12-6-4-3-5-11(12)14(19)7-13(16)18/h2-7,10,19H,1,8-9H2/t10-/m1/s1. The molecule has 1 aliphatic rings. The lowest BCUT2D eigenvalue weighted by Crippen LogP contribution is -2.28. The second-order valence-electron chi connectivity index (χ2n) is 4.88. The summed E-state index contributed by atoms with van der Waals surface area (Å²) in [6.07, 6.45) is 1.28. The highest BCUT2D eigenvalue weighted by Gasteiger charge is 2.33. The van der Waals surface area contributed by atoms with Crippen molar-refractivity contribution in [2.45, 2.75) is 5.92 Å². The molecule has 2 aromatic rings. The number of phenolic OH excluding ortho intramolecular Hbond substituents is 1. The molecular weight excluding hydrogens is 274 g/mol. The normalized spacial score (nSPS) is 17.2. The van der Waals surface area contributed by atoms with E-state index in [-0.39, 0.29) is 17.6 Å². The molecule has 0 aliphatic carbocycles. The molecule has 0 bridgehead atoms. The summed E-state index contributed by atoms with van der Waals surface area (Å²) in [5.41, 5.74) is 1.76. The van der Waals surface area contributed by atoms with Crippen molar-refractivity contribution < 1.29 is 9.90 Å². The Kier molecular flexibility index (Phi) is 3.14.